The van der Waals surface area contributed by atoms with Gasteiger partial charge in [0.2, 0.25) is 0 Å². The van der Waals surface area contributed by atoms with Gasteiger partial charge in [0, 0.05) is 44.1 Å². The number of aryl methyl sites for hydroxylation is 1. The van der Waals surface area contributed by atoms with Crippen LogP contribution in [-0.2, 0) is 15.9 Å². The van der Waals surface area contributed by atoms with Gasteiger partial charge in [-0.05, 0) is 31.9 Å². The standard InChI is InChI=1S/C18H28N4O2S2/c1-14-22-16(13-25-14)17-6-5-15(26-17)7-9-21-18(19-2)20-8-4-10-24-12-11-23-3/h5-6,13H,4,7-12H2,1-3H3,(H2,19,20,21). The summed E-state index contributed by atoms with van der Waals surface area (Å²) in [6.07, 6.45) is 1.90. The molecule has 26 heavy (non-hydrogen) atoms. The number of nitrogens with one attached hydrogen (secondary N) is 2. The van der Waals surface area contributed by atoms with Crippen molar-refractivity contribution in [2.24, 2.45) is 4.99 Å². The van der Waals surface area contributed by atoms with Crippen LogP contribution in [0.1, 0.15) is 16.3 Å². The van der Waals surface area contributed by atoms with Crippen molar-refractivity contribution in [3.63, 3.8) is 0 Å². The Morgan fingerprint density at radius 3 is 2.77 bits per heavy atom. The monoisotopic (exact) mass is 396 g/mol. The maximum absolute atomic E-state index is 5.44. The second kappa shape index (κ2) is 12.0. The molecule has 6 nitrogen and oxygen atoms in total. The van der Waals surface area contributed by atoms with Crippen molar-refractivity contribution in [1.82, 2.24) is 15.6 Å². The first-order valence-corrected chi connectivity index (χ1v) is 10.4. The van der Waals surface area contributed by atoms with Gasteiger partial charge in [-0.2, -0.15) is 0 Å². The number of rotatable bonds is 11. The van der Waals surface area contributed by atoms with Gasteiger partial charge in [0.15, 0.2) is 5.96 Å². The fraction of sp³-hybridized carbons (Fsp3) is 0.556. The lowest BCUT2D eigenvalue weighted by molar-refractivity contribution is 0.0698. The summed E-state index contributed by atoms with van der Waals surface area (Å²) in [6.45, 7) is 5.73. The molecule has 144 valence electrons. The number of thiophene rings is 1. The average Bonchev–Trinajstić information content (AvgIpc) is 3.28. The van der Waals surface area contributed by atoms with Gasteiger partial charge >= 0.3 is 0 Å². The van der Waals surface area contributed by atoms with Gasteiger partial charge < -0.3 is 20.1 Å². The number of methoxy groups -OCH3 is 1. The third-order valence-electron chi connectivity index (χ3n) is 3.61. The van der Waals surface area contributed by atoms with E-state index < -0.39 is 0 Å². The molecule has 0 atom stereocenters. The van der Waals surface area contributed by atoms with Crippen molar-refractivity contribution in [3.8, 4) is 10.6 Å². The summed E-state index contributed by atoms with van der Waals surface area (Å²) in [5, 5.41) is 9.88. The predicted molar refractivity (Wildman–Crippen MR) is 111 cm³/mol. The van der Waals surface area contributed by atoms with Crippen molar-refractivity contribution >= 4 is 28.6 Å². The first kappa shape index (κ1) is 20.8. The lowest BCUT2D eigenvalue weighted by Gasteiger charge is -2.11. The summed E-state index contributed by atoms with van der Waals surface area (Å²) in [5.74, 6) is 0.828. The summed E-state index contributed by atoms with van der Waals surface area (Å²) in [5.41, 5.74) is 1.09. The van der Waals surface area contributed by atoms with E-state index >= 15 is 0 Å². The van der Waals surface area contributed by atoms with Gasteiger partial charge in [-0.25, -0.2) is 4.98 Å². The number of hydrogen-bond acceptors (Lipinski definition) is 6. The van der Waals surface area contributed by atoms with Crippen LogP contribution in [0.3, 0.4) is 0 Å². The first-order valence-electron chi connectivity index (χ1n) is 8.75. The lowest BCUT2D eigenvalue weighted by Crippen LogP contribution is -2.38. The Morgan fingerprint density at radius 2 is 2.04 bits per heavy atom. The molecule has 0 unspecified atom stereocenters. The Labute approximate surface area is 163 Å². The molecule has 0 aromatic carbocycles. The number of hydrogen-bond donors (Lipinski definition) is 2. The highest BCUT2D eigenvalue weighted by atomic mass is 32.1. The fourth-order valence-corrected chi connectivity index (χ4v) is 3.93. The molecule has 0 fully saturated rings. The highest BCUT2D eigenvalue weighted by Crippen LogP contribution is 2.29. The van der Waals surface area contributed by atoms with Gasteiger partial charge in [0.05, 0.1) is 28.8 Å². The van der Waals surface area contributed by atoms with Crippen LogP contribution >= 0.6 is 22.7 Å². The van der Waals surface area contributed by atoms with Crippen LogP contribution in [-0.4, -0.2) is 58.0 Å². The Kier molecular flexibility index (Phi) is 9.62. The van der Waals surface area contributed by atoms with Crippen molar-refractivity contribution in [2.75, 3.05) is 47.1 Å². The minimum absolute atomic E-state index is 0.642. The van der Waals surface area contributed by atoms with Gasteiger partial charge in [-0.1, -0.05) is 0 Å². The number of guanidine groups is 1. The number of nitrogens with zero attached hydrogens (tertiary/aromatic N) is 2. The molecule has 2 N–H and O–H groups in total. The average molecular weight is 397 g/mol. The Morgan fingerprint density at radius 1 is 1.19 bits per heavy atom. The molecule has 2 aromatic rings. The predicted octanol–water partition coefficient (Wildman–Crippen LogP) is 2.94. The number of thiazole rings is 1. The molecule has 0 bridgehead atoms. The SMILES string of the molecule is CN=C(NCCCOCCOC)NCCc1ccc(-c2csc(C)n2)s1. The van der Waals surface area contributed by atoms with E-state index in [1.54, 1.807) is 36.8 Å². The van der Waals surface area contributed by atoms with Crippen LogP contribution < -0.4 is 10.6 Å². The van der Waals surface area contributed by atoms with Crippen LogP contribution in [0.4, 0.5) is 0 Å². The minimum Gasteiger partial charge on any atom is -0.382 e. The number of ether oxygens (including phenoxy) is 2. The minimum atomic E-state index is 0.642. The van der Waals surface area contributed by atoms with E-state index in [9.17, 15) is 0 Å². The summed E-state index contributed by atoms with van der Waals surface area (Å²) in [4.78, 5) is 11.4. The fourth-order valence-electron chi connectivity index (χ4n) is 2.28. The molecule has 2 heterocycles. The summed E-state index contributed by atoms with van der Waals surface area (Å²) < 4.78 is 10.4. The van der Waals surface area contributed by atoms with Crippen molar-refractivity contribution in [2.45, 2.75) is 19.8 Å². The zero-order valence-corrected chi connectivity index (χ0v) is 17.3. The van der Waals surface area contributed by atoms with E-state index in [1.807, 2.05) is 6.92 Å². The van der Waals surface area contributed by atoms with Gasteiger partial charge in [0.25, 0.3) is 0 Å². The van der Waals surface area contributed by atoms with Gasteiger partial charge in [-0.15, -0.1) is 22.7 Å². The molecule has 0 saturated carbocycles. The third kappa shape index (κ3) is 7.41. The molecule has 0 aliphatic heterocycles. The molecular formula is C18H28N4O2S2. The molecule has 8 heteroatoms. The third-order valence-corrected chi connectivity index (χ3v) is 5.55. The van der Waals surface area contributed by atoms with E-state index in [1.165, 1.54) is 9.75 Å². The van der Waals surface area contributed by atoms with E-state index in [0.717, 1.165) is 49.2 Å². The zero-order valence-electron chi connectivity index (χ0n) is 15.7. The smallest absolute Gasteiger partial charge is 0.190 e. The Balaban J connectivity index is 1.62. The molecule has 0 saturated heterocycles. The number of aromatic nitrogens is 1. The highest BCUT2D eigenvalue weighted by Gasteiger charge is 2.06. The van der Waals surface area contributed by atoms with E-state index in [-0.39, 0.29) is 0 Å². The normalized spacial score (nSPS) is 11.7. The second-order valence-corrected chi connectivity index (χ2v) is 7.88. The lowest BCUT2D eigenvalue weighted by atomic mass is 10.3. The van der Waals surface area contributed by atoms with E-state index in [4.69, 9.17) is 9.47 Å². The quantitative estimate of drug-likeness (QED) is 0.347. The molecule has 2 aromatic heterocycles. The highest BCUT2D eigenvalue weighted by molar-refractivity contribution is 7.16. The largest absolute Gasteiger partial charge is 0.382 e. The summed E-state index contributed by atoms with van der Waals surface area (Å²) >= 11 is 3.50. The van der Waals surface area contributed by atoms with Crippen molar-refractivity contribution < 1.29 is 9.47 Å². The topological polar surface area (TPSA) is 67.8 Å². The van der Waals surface area contributed by atoms with Crippen LogP contribution in [0.5, 0.6) is 0 Å². The molecular weight excluding hydrogens is 368 g/mol. The van der Waals surface area contributed by atoms with Crippen molar-refractivity contribution in [3.05, 3.63) is 27.4 Å². The first-order chi connectivity index (χ1) is 12.7. The molecule has 0 amide bonds. The van der Waals surface area contributed by atoms with Gasteiger partial charge in [-0.3, -0.25) is 4.99 Å². The van der Waals surface area contributed by atoms with E-state index in [2.05, 4.69) is 38.1 Å². The van der Waals surface area contributed by atoms with E-state index in [0.29, 0.717) is 13.2 Å². The maximum atomic E-state index is 5.44. The molecule has 0 aliphatic carbocycles. The van der Waals surface area contributed by atoms with Crippen LogP contribution in [0.25, 0.3) is 10.6 Å². The molecule has 0 spiro atoms. The Hall–Kier alpha value is -1.48. The summed E-state index contributed by atoms with van der Waals surface area (Å²) in [6, 6.07) is 4.34. The maximum Gasteiger partial charge on any atom is 0.190 e. The Bertz CT molecular complexity index is 670. The van der Waals surface area contributed by atoms with Crippen LogP contribution in [0.2, 0.25) is 0 Å². The second-order valence-electron chi connectivity index (χ2n) is 5.65. The number of aliphatic imine (C=N–C) groups is 1. The van der Waals surface area contributed by atoms with Crippen LogP contribution in [0.15, 0.2) is 22.5 Å². The molecule has 0 aliphatic rings. The molecule has 0 radical (unpaired) electrons. The van der Waals surface area contributed by atoms with Gasteiger partial charge in [0.1, 0.15) is 0 Å². The van der Waals surface area contributed by atoms with Crippen LogP contribution in [0, 0.1) is 6.92 Å². The zero-order chi connectivity index (χ0) is 18.6. The molecule has 2 rings (SSSR count). The van der Waals surface area contributed by atoms with Crippen molar-refractivity contribution in [1.29, 1.82) is 0 Å². The summed E-state index contributed by atoms with van der Waals surface area (Å²) in [7, 11) is 3.47.